The molecule has 2 rings (SSSR count). The Morgan fingerprint density at radius 1 is 1.33 bits per heavy atom. The van der Waals surface area contributed by atoms with Crippen molar-refractivity contribution in [2.45, 2.75) is 13.5 Å². The van der Waals surface area contributed by atoms with Crippen molar-refractivity contribution < 1.29 is 8.83 Å². The van der Waals surface area contributed by atoms with Crippen molar-refractivity contribution in [3.05, 3.63) is 46.2 Å². The molecule has 0 spiro atoms. The van der Waals surface area contributed by atoms with E-state index in [2.05, 4.69) is 0 Å². The summed E-state index contributed by atoms with van der Waals surface area (Å²) in [4.78, 5) is 10.9. The van der Waals surface area contributed by atoms with E-state index in [0.29, 0.717) is 11.5 Å². The second-order valence-electron chi connectivity index (χ2n) is 3.28. The predicted molar refractivity (Wildman–Crippen MR) is 55.3 cm³/mol. The first-order valence-electron chi connectivity index (χ1n) is 4.60. The molecule has 1 aromatic carbocycles. The van der Waals surface area contributed by atoms with Gasteiger partial charge in [0.2, 0.25) is 0 Å². The van der Waals surface area contributed by atoms with Crippen LogP contribution in [0.4, 0.5) is 0 Å². The van der Waals surface area contributed by atoms with Gasteiger partial charge in [0.15, 0.2) is 11.5 Å². The topological polar surface area (TPSA) is 69.4 Å². The molecule has 0 amide bonds. The van der Waals surface area contributed by atoms with Crippen molar-refractivity contribution in [1.82, 2.24) is 0 Å². The molecule has 0 aliphatic carbocycles. The van der Waals surface area contributed by atoms with Gasteiger partial charge in [-0.25, -0.2) is 4.79 Å². The quantitative estimate of drug-likeness (QED) is 0.809. The standard InChI is InChI=1S/C11H11NO3/c1-7-3-2-4-8(5-7)10-9(6-12)14-11(13)15-10/h2-5H,6,12H2,1H3. The maximum absolute atomic E-state index is 10.9. The van der Waals surface area contributed by atoms with Crippen LogP contribution in [0.15, 0.2) is 37.9 Å². The Labute approximate surface area is 86.3 Å². The zero-order chi connectivity index (χ0) is 10.8. The molecule has 0 bridgehead atoms. The van der Waals surface area contributed by atoms with E-state index >= 15 is 0 Å². The molecular weight excluding hydrogens is 194 g/mol. The smallest absolute Gasteiger partial charge is 0.394 e. The van der Waals surface area contributed by atoms with Gasteiger partial charge < -0.3 is 14.6 Å². The van der Waals surface area contributed by atoms with Crippen LogP contribution in [0.3, 0.4) is 0 Å². The molecule has 1 aromatic heterocycles. The first-order valence-corrected chi connectivity index (χ1v) is 4.60. The summed E-state index contributed by atoms with van der Waals surface area (Å²) in [5, 5.41) is 0. The van der Waals surface area contributed by atoms with E-state index in [4.69, 9.17) is 14.6 Å². The fraction of sp³-hybridized carbons (Fsp3) is 0.182. The van der Waals surface area contributed by atoms with Crippen LogP contribution >= 0.6 is 0 Å². The highest BCUT2D eigenvalue weighted by Gasteiger charge is 2.13. The summed E-state index contributed by atoms with van der Waals surface area (Å²) in [6, 6.07) is 7.61. The van der Waals surface area contributed by atoms with Crippen molar-refractivity contribution in [3.63, 3.8) is 0 Å². The van der Waals surface area contributed by atoms with Crippen LogP contribution in [-0.4, -0.2) is 0 Å². The molecule has 0 aliphatic rings. The predicted octanol–water partition coefficient (Wildman–Crippen LogP) is 1.67. The molecule has 15 heavy (non-hydrogen) atoms. The van der Waals surface area contributed by atoms with Gasteiger partial charge in [0.25, 0.3) is 0 Å². The highest BCUT2D eigenvalue weighted by Crippen LogP contribution is 2.23. The molecule has 0 saturated heterocycles. The molecule has 4 nitrogen and oxygen atoms in total. The fourth-order valence-electron chi connectivity index (χ4n) is 1.45. The molecule has 2 aromatic rings. The van der Waals surface area contributed by atoms with Crippen LogP contribution in [-0.2, 0) is 6.54 Å². The molecule has 0 aliphatic heterocycles. The number of rotatable bonds is 2. The van der Waals surface area contributed by atoms with Crippen LogP contribution in [0.25, 0.3) is 11.3 Å². The summed E-state index contributed by atoms with van der Waals surface area (Å²) in [6.07, 6.45) is 0. The Morgan fingerprint density at radius 3 is 2.80 bits per heavy atom. The fourth-order valence-corrected chi connectivity index (χ4v) is 1.45. The number of aryl methyl sites for hydroxylation is 1. The van der Waals surface area contributed by atoms with Crippen LogP contribution in [0.5, 0.6) is 0 Å². The summed E-state index contributed by atoms with van der Waals surface area (Å²) in [5.41, 5.74) is 7.34. The van der Waals surface area contributed by atoms with Crippen molar-refractivity contribution in [2.75, 3.05) is 0 Å². The molecule has 1 heterocycles. The molecular formula is C11H11NO3. The van der Waals surface area contributed by atoms with Crippen molar-refractivity contribution >= 4 is 0 Å². The SMILES string of the molecule is Cc1cccc(-c2oc(=O)oc2CN)c1. The Kier molecular flexibility index (Phi) is 2.43. The third kappa shape index (κ3) is 1.85. The molecule has 2 N–H and O–H groups in total. The summed E-state index contributed by atoms with van der Waals surface area (Å²) in [6.45, 7) is 2.11. The van der Waals surface area contributed by atoms with Crippen molar-refractivity contribution in [1.29, 1.82) is 0 Å². The van der Waals surface area contributed by atoms with E-state index in [0.717, 1.165) is 11.1 Å². The zero-order valence-corrected chi connectivity index (χ0v) is 8.32. The number of benzene rings is 1. The first kappa shape index (κ1) is 9.73. The molecule has 0 atom stereocenters. The van der Waals surface area contributed by atoms with Gasteiger partial charge in [-0.05, 0) is 13.0 Å². The van der Waals surface area contributed by atoms with E-state index in [1.807, 2.05) is 31.2 Å². The van der Waals surface area contributed by atoms with Gasteiger partial charge in [-0.15, -0.1) is 0 Å². The van der Waals surface area contributed by atoms with E-state index in [1.54, 1.807) is 0 Å². The van der Waals surface area contributed by atoms with Gasteiger partial charge in [0.1, 0.15) is 0 Å². The minimum Gasteiger partial charge on any atom is -0.394 e. The number of hydrogen-bond acceptors (Lipinski definition) is 4. The van der Waals surface area contributed by atoms with Crippen LogP contribution in [0.1, 0.15) is 11.3 Å². The third-order valence-corrected chi connectivity index (χ3v) is 2.11. The van der Waals surface area contributed by atoms with Crippen LogP contribution < -0.4 is 11.6 Å². The summed E-state index contributed by atoms with van der Waals surface area (Å²) in [7, 11) is 0. The van der Waals surface area contributed by atoms with Crippen LogP contribution in [0.2, 0.25) is 0 Å². The maximum Gasteiger partial charge on any atom is 0.519 e. The van der Waals surface area contributed by atoms with Crippen LogP contribution in [0, 0.1) is 6.92 Å². The van der Waals surface area contributed by atoms with Gasteiger partial charge in [0, 0.05) is 5.56 Å². The first-order chi connectivity index (χ1) is 7.20. The Bertz CT molecular complexity index is 525. The minimum absolute atomic E-state index is 0.148. The van der Waals surface area contributed by atoms with Gasteiger partial charge >= 0.3 is 5.82 Å². The molecule has 0 fully saturated rings. The molecule has 0 unspecified atom stereocenters. The number of nitrogens with two attached hydrogens (primary N) is 1. The second kappa shape index (κ2) is 3.74. The van der Waals surface area contributed by atoms with Gasteiger partial charge in [-0.3, -0.25) is 0 Å². The summed E-state index contributed by atoms with van der Waals surface area (Å²) >= 11 is 0. The zero-order valence-electron chi connectivity index (χ0n) is 8.32. The minimum atomic E-state index is -0.716. The Hall–Kier alpha value is -1.81. The van der Waals surface area contributed by atoms with Gasteiger partial charge in [-0.1, -0.05) is 23.8 Å². The van der Waals surface area contributed by atoms with E-state index in [9.17, 15) is 4.79 Å². The highest BCUT2D eigenvalue weighted by atomic mass is 16.6. The van der Waals surface area contributed by atoms with E-state index < -0.39 is 5.82 Å². The monoisotopic (exact) mass is 205 g/mol. The third-order valence-electron chi connectivity index (χ3n) is 2.11. The largest absolute Gasteiger partial charge is 0.519 e. The molecule has 78 valence electrons. The van der Waals surface area contributed by atoms with Crippen molar-refractivity contribution in [2.24, 2.45) is 5.73 Å². The Balaban J connectivity index is 2.57. The lowest BCUT2D eigenvalue weighted by molar-refractivity contribution is 0.376. The van der Waals surface area contributed by atoms with Gasteiger partial charge in [-0.2, -0.15) is 0 Å². The lowest BCUT2D eigenvalue weighted by Gasteiger charge is -1.98. The highest BCUT2D eigenvalue weighted by molar-refractivity contribution is 5.59. The molecule has 0 radical (unpaired) electrons. The average Bonchev–Trinajstić information content (AvgIpc) is 2.59. The normalized spacial score (nSPS) is 10.5. The Morgan fingerprint density at radius 2 is 2.13 bits per heavy atom. The maximum atomic E-state index is 10.9. The lowest BCUT2D eigenvalue weighted by atomic mass is 10.1. The van der Waals surface area contributed by atoms with Crippen molar-refractivity contribution in [3.8, 4) is 11.3 Å². The van der Waals surface area contributed by atoms with Gasteiger partial charge in [0.05, 0.1) is 6.54 Å². The van der Waals surface area contributed by atoms with E-state index in [1.165, 1.54) is 0 Å². The summed E-state index contributed by atoms with van der Waals surface area (Å²) in [5.74, 6) is 0.0868. The van der Waals surface area contributed by atoms with E-state index in [-0.39, 0.29) is 6.54 Å². The number of hydrogen-bond donors (Lipinski definition) is 1. The summed E-state index contributed by atoms with van der Waals surface area (Å²) < 4.78 is 9.76. The molecule has 0 saturated carbocycles. The average molecular weight is 205 g/mol. The second-order valence-corrected chi connectivity index (χ2v) is 3.28. The lowest BCUT2D eigenvalue weighted by Crippen LogP contribution is -1.96. The molecule has 4 heteroatoms.